The molecule has 0 aliphatic carbocycles. The Morgan fingerprint density at radius 1 is 1.11 bits per heavy atom. The van der Waals surface area contributed by atoms with Crippen LogP contribution < -0.4 is 0 Å². The Morgan fingerprint density at radius 3 is 2.52 bits per heavy atom. The van der Waals surface area contributed by atoms with Crippen molar-refractivity contribution in [3.05, 3.63) is 60.2 Å². The second-order valence-corrected chi connectivity index (χ2v) is 7.00. The smallest absolute Gasteiger partial charge is 0.151 e. The summed E-state index contributed by atoms with van der Waals surface area (Å²) in [5.41, 5.74) is 1.75. The maximum atomic E-state index is 13.3. The standard InChI is InChI=1S/C21H27FN2O3/c1-21(15-25)11-4-13-24-20(16-7-9-17(22)10-8-16)18(23-14-12-21)5-2-3-6-19(26)27/h4,7-10,12-14,19,25-27H,2-3,5-6,11,15H2,1H3/b13-4+,14-12+,23-18-,24-20-. The van der Waals surface area contributed by atoms with Crippen LogP contribution in [0.4, 0.5) is 4.39 Å². The van der Waals surface area contributed by atoms with Crippen molar-refractivity contribution in [1.82, 2.24) is 0 Å². The van der Waals surface area contributed by atoms with E-state index in [9.17, 15) is 9.50 Å². The van der Waals surface area contributed by atoms with E-state index < -0.39 is 11.7 Å². The van der Waals surface area contributed by atoms with Crippen molar-refractivity contribution < 1.29 is 19.7 Å². The van der Waals surface area contributed by atoms with Gasteiger partial charge in [0.05, 0.1) is 18.0 Å². The van der Waals surface area contributed by atoms with Crippen LogP contribution in [0.5, 0.6) is 0 Å². The van der Waals surface area contributed by atoms with E-state index in [0.717, 1.165) is 11.3 Å². The third-order valence-electron chi connectivity index (χ3n) is 4.48. The van der Waals surface area contributed by atoms with Crippen LogP contribution in [0.2, 0.25) is 0 Å². The van der Waals surface area contributed by atoms with Crippen molar-refractivity contribution in [1.29, 1.82) is 0 Å². The molecule has 0 aromatic heterocycles. The number of aliphatic hydroxyl groups is 3. The van der Waals surface area contributed by atoms with Crippen molar-refractivity contribution in [2.45, 2.75) is 45.3 Å². The van der Waals surface area contributed by atoms with E-state index >= 15 is 0 Å². The molecule has 1 unspecified atom stereocenters. The van der Waals surface area contributed by atoms with Gasteiger partial charge < -0.3 is 15.3 Å². The molecule has 1 aliphatic heterocycles. The van der Waals surface area contributed by atoms with E-state index in [0.29, 0.717) is 37.8 Å². The van der Waals surface area contributed by atoms with Crippen molar-refractivity contribution >= 4 is 11.4 Å². The van der Waals surface area contributed by atoms with Gasteiger partial charge in [0, 0.05) is 23.4 Å². The Balaban J connectivity index is 2.31. The van der Waals surface area contributed by atoms with Gasteiger partial charge in [-0.2, -0.15) is 0 Å². The van der Waals surface area contributed by atoms with Crippen LogP contribution >= 0.6 is 0 Å². The highest BCUT2D eigenvalue weighted by atomic mass is 19.1. The average molecular weight is 374 g/mol. The zero-order chi connectivity index (χ0) is 19.7. The summed E-state index contributed by atoms with van der Waals surface area (Å²) >= 11 is 0. The SMILES string of the molecule is CC1(CO)/C=C/N=C(CCCCC(O)O)\C(c2ccc(F)cc2)=N/C=C/C1. The quantitative estimate of drug-likeness (QED) is 0.505. The summed E-state index contributed by atoms with van der Waals surface area (Å²) in [5.74, 6) is -0.316. The molecule has 0 bridgehead atoms. The van der Waals surface area contributed by atoms with E-state index in [4.69, 9.17) is 10.2 Å². The molecule has 0 spiro atoms. The van der Waals surface area contributed by atoms with E-state index in [1.165, 1.54) is 12.1 Å². The number of benzene rings is 1. The van der Waals surface area contributed by atoms with Gasteiger partial charge in [-0.15, -0.1) is 0 Å². The van der Waals surface area contributed by atoms with Crippen LogP contribution in [-0.2, 0) is 0 Å². The Hall–Kier alpha value is -2.15. The van der Waals surface area contributed by atoms with Gasteiger partial charge in [-0.25, -0.2) is 4.39 Å². The summed E-state index contributed by atoms with van der Waals surface area (Å²) in [7, 11) is 0. The van der Waals surface area contributed by atoms with Crippen LogP contribution in [0, 0.1) is 11.2 Å². The molecule has 1 heterocycles. The third kappa shape index (κ3) is 6.82. The van der Waals surface area contributed by atoms with Crippen molar-refractivity contribution in [3.8, 4) is 0 Å². The van der Waals surface area contributed by atoms with Gasteiger partial charge in [-0.3, -0.25) is 9.98 Å². The molecule has 27 heavy (non-hydrogen) atoms. The van der Waals surface area contributed by atoms with Crippen molar-refractivity contribution in [3.63, 3.8) is 0 Å². The number of unbranched alkanes of at least 4 members (excludes halogenated alkanes) is 1. The van der Waals surface area contributed by atoms with E-state index in [1.807, 2.05) is 19.1 Å². The van der Waals surface area contributed by atoms with E-state index in [-0.39, 0.29) is 12.4 Å². The molecule has 1 aromatic carbocycles. The van der Waals surface area contributed by atoms with Gasteiger partial charge in [-0.1, -0.05) is 19.1 Å². The van der Waals surface area contributed by atoms with Crippen LogP contribution in [0.3, 0.4) is 0 Å². The van der Waals surface area contributed by atoms with Crippen LogP contribution in [0.15, 0.2) is 58.8 Å². The lowest BCUT2D eigenvalue weighted by Crippen LogP contribution is -2.19. The Kier molecular flexibility index (Phi) is 8.03. The molecular weight excluding hydrogens is 347 g/mol. The van der Waals surface area contributed by atoms with Gasteiger partial charge in [0.25, 0.3) is 0 Å². The molecule has 3 N–H and O–H groups in total. The summed E-state index contributed by atoms with van der Waals surface area (Å²) < 4.78 is 13.3. The number of hydrogen-bond donors (Lipinski definition) is 3. The fourth-order valence-electron chi connectivity index (χ4n) is 2.73. The van der Waals surface area contributed by atoms with Crippen molar-refractivity contribution in [2.75, 3.05) is 6.61 Å². The molecule has 0 saturated carbocycles. The minimum atomic E-state index is -1.31. The third-order valence-corrected chi connectivity index (χ3v) is 4.48. The number of aliphatic imine (C=N–C) groups is 2. The maximum Gasteiger partial charge on any atom is 0.151 e. The molecule has 1 aliphatic rings. The topological polar surface area (TPSA) is 85.4 Å². The Labute approximate surface area is 159 Å². The lowest BCUT2D eigenvalue weighted by Gasteiger charge is -2.21. The van der Waals surface area contributed by atoms with Gasteiger partial charge in [0.2, 0.25) is 0 Å². The minimum absolute atomic E-state index is 0.00160. The molecule has 0 saturated heterocycles. The normalized spacial score (nSPS) is 26.7. The molecule has 1 aromatic rings. The molecule has 2 rings (SSSR count). The predicted octanol–water partition coefficient (Wildman–Crippen LogP) is 3.36. The van der Waals surface area contributed by atoms with E-state index in [2.05, 4.69) is 9.98 Å². The zero-order valence-corrected chi connectivity index (χ0v) is 15.6. The number of aliphatic hydroxyl groups excluding tert-OH is 2. The van der Waals surface area contributed by atoms with Gasteiger partial charge in [0.15, 0.2) is 6.29 Å². The summed E-state index contributed by atoms with van der Waals surface area (Å²) in [4.78, 5) is 9.12. The number of rotatable bonds is 7. The number of hydrogen-bond acceptors (Lipinski definition) is 5. The highest BCUT2D eigenvalue weighted by molar-refractivity contribution is 6.48. The molecular formula is C21H27FN2O3. The fourth-order valence-corrected chi connectivity index (χ4v) is 2.73. The van der Waals surface area contributed by atoms with Gasteiger partial charge in [0.1, 0.15) is 5.82 Å². The number of nitrogens with zero attached hydrogens (tertiary/aromatic N) is 2. The van der Waals surface area contributed by atoms with Crippen LogP contribution in [0.1, 0.15) is 44.6 Å². The lowest BCUT2D eigenvalue weighted by molar-refractivity contribution is -0.0464. The van der Waals surface area contributed by atoms with E-state index in [1.54, 1.807) is 24.5 Å². The van der Waals surface area contributed by atoms with Gasteiger partial charge in [-0.05, 0) is 56.4 Å². The molecule has 0 amide bonds. The van der Waals surface area contributed by atoms with Crippen LogP contribution in [0.25, 0.3) is 0 Å². The molecule has 5 nitrogen and oxygen atoms in total. The molecule has 0 radical (unpaired) electrons. The lowest BCUT2D eigenvalue weighted by atomic mass is 9.88. The first-order valence-electron chi connectivity index (χ1n) is 9.14. The second kappa shape index (κ2) is 10.3. The van der Waals surface area contributed by atoms with Crippen molar-refractivity contribution in [2.24, 2.45) is 15.4 Å². The molecule has 0 fully saturated rings. The Bertz CT molecular complexity index is 723. The second-order valence-electron chi connectivity index (χ2n) is 7.00. The van der Waals surface area contributed by atoms with Crippen LogP contribution in [-0.4, -0.2) is 39.6 Å². The summed E-state index contributed by atoms with van der Waals surface area (Å²) in [6.45, 7) is 1.94. The summed E-state index contributed by atoms with van der Waals surface area (Å²) in [6.07, 6.45) is 8.72. The first-order valence-corrected chi connectivity index (χ1v) is 9.14. The Morgan fingerprint density at radius 2 is 1.85 bits per heavy atom. The zero-order valence-electron chi connectivity index (χ0n) is 15.6. The molecule has 1 atom stereocenters. The predicted molar refractivity (Wildman–Crippen MR) is 105 cm³/mol. The fraction of sp³-hybridized carbons (Fsp3) is 0.429. The summed E-state index contributed by atoms with van der Waals surface area (Å²) in [6, 6.07) is 6.11. The number of halogens is 1. The summed E-state index contributed by atoms with van der Waals surface area (Å²) in [5, 5.41) is 27.6. The van der Waals surface area contributed by atoms with Gasteiger partial charge >= 0.3 is 0 Å². The highest BCUT2D eigenvalue weighted by Gasteiger charge is 2.19. The molecule has 146 valence electrons. The monoisotopic (exact) mass is 374 g/mol. The average Bonchev–Trinajstić information content (AvgIpc) is 2.65. The largest absolute Gasteiger partial charge is 0.395 e. The number of allylic oxidation sites excluding steroid dienone is 1. The first kappa shape index (κ1) is 21.2. The highest BCUT2D eigenvalue weighted by Crippen LogP contribution is 2.24. The first-order chi connectivity index (χ1) is 12.9. The minimum Gasteiger partial charge on any atom is -0.395 e. The molecule has 6 heteroatoms. The maximum absolute atomic E-state index is 13.3.